The molecule has 2 amide bonds. The Bertz CT molecular complexity index is 826. The van der Waals surface area contributed by atoms with Gasteiger partial charge in [-0.05, 0) is 50.1 Å². The minimum absolute atomic E-state index is 0.0818. The molecule has 3 rings (SSSR count). The zero-order valence-electron chi connectivity index (χ0n) is 16.9. The van der Waals surface area contributed by atoms with Crippen molar-refractivity contribution in [2.75, 3.05) is 18.5 Å². The minimum atomic E-state index is -0.242. The van der Waals surface area contributed by atoms with Crippen LogP contribution in [-0.4, -0.2) is 34.6 Å². The highest BCUT2D eigenvalue weighted by molar-refractivity contribution is 5.89. The third kappa shape index (κ3) is 4.38. The molecule has 28 heavy (non-hydrogen) atoms. The van der Waals surface area contributed by atoms with Crippen LogP contribution in [-0.2, 0) is 22.5 Å². The zero-order valence-corrected chi connectivity index (χ0v) is 16.9. The van der Waals surface area contributed by atoms with Crippen molar-refractivity contribution < 1.29 is 14.3 Å². The number of esters is 1. The van der Waals surface area contributed by atoms with Crippen molar-refractivity contribution in [1.29, 1.82) is 0 Å². The number of amides is 2. The van der Waals surface area contributed by atoms with Crippen LogP contribution in [0.25, 0.3) is 0 Å². The molecule has 2 aromatic rings. The Hall–Kier alpha value is -2.76. The molecule has 1 N–H and O–H groups in total. The summed E-state index contributed by atoms with van der Waals surface area (Å²) in [7, 11) is 0. The van der Waals surface area contributed by atoms with Crippen molar-refractivity contribution in [3.8, 4) is 0 Å². The maximum absolute atomic E-state index is 12.9. The van der Waals surface area contributed by atoms with Gasteiger partial charge in [-0.3, -0.25) is 4.79 Å². The first-order valence-electron chi connectivity index (χ1n) is 10.0. The monoisotopic (exact) mass is 383 g/mol. The SMILES string of the molecule is CCCC1c2ccc(C)n2CCN1C(=O)Nc1ccc(CC(=O)OCC)cc1. The first-order chi connectivity index (χ1) is 13.5. The van der Waals surface area contributed by atoms with Gasteiger partial charge in [0.2, 0.25) is 0 Å². The summed E-state index contributed by atoms with van der Waals surface area (Å²) in [5, 5.41) is 3.00. The number of hydrogen-bond donors (Lipinski definition) is 1. The fourth-order valence-electron chi connectivity index (χ4n) is 3.81. The van der Waals surface area contributed by atoms with E-state index in [2.05, 4.69) is 35.9 Å². The summed E-state index contributed by atoms with van der Waals surface area (Å²) in [4.78, 5) is 26.5. The molecule has 1 unspecified atom stereocenters. The summed E-state index contributed by atoms with van der Waals surface area (Å²) in [6, 6.07) is 11.6. The molecule has 0 bridgehead atoms. The van der Waals surface area contributed by atoms with E-state index in [4.69, 9.17) is 4.74 Å². The van der Waals surface area contributed by atoms with Gasteiger partial charge in [0, 0.05) is 30.2 Å². The van der Waals surface area contributed by atoms with E-state index in [1.807, 2.05) is 29.2 Å². The second-order valence-electron chi connectivity index (χ2n) is 7.16. The van der Waals surface area contributed by atoms with Crippen molar-refractivity contribution in [3.63, 3.8) is 0 Å². The number of hydrogen-bond acceptors (Lipinski definition) is 3. The van der Waals surface area contributed by atoms with Crippen molar-refractivity contribution in [2.45, 2.75) is 52.6 Å². The minimum Gasteiger partial charge on any atom is -0.466 e. The van der Waals surface area contributed by atoms with Crippen LogP contribution in [0.5, 0.6) is 0 Å². The molecule has 150 valence electrons. The zero-order chi connectivity index (χ0) is 20.1. The van der Waals surface area contributed by atoms with E-state index in [9.17, 15) is 9.59 Å². The Balaban J connectivity index is 1.67. The summed E-state index contributed by atoms with van der Waals surface area (Å²) in [5.41, 5.74) is 4.05. The number of carbonyl (C=O) groups is 2. The number of benzene rings is 1. The first-order valence-corrected chi connectivity index (χ1v) is 10.0. The lowest BCUT2D eigenvalue weighted by atomic mass is 10.0. The summed E-state index contributed by atoms with van der Waals surface area (Å²) in [6.07, 6.45) is 2.19. The fraction of sp³-hybridized carbons (Fsp3) is 0.455. The van der Waals surface area contributed by atoms with Gasteiger partial charge in [-0.15, -0.1) is 0 Å². The number of anilines is 1. The van der Waals surface area contributed by atoms with Crippen LogP contribution in [0.15, 0.2) is 36.4 Å². The van der Waals surface area contributed by atoms with Gasteiger partial charge in [-0.1, -0.05) is 25.5 Å². The van der Waals surface area contributed by atoms with E-state index < -0.39 is 0 Å². The van der Waals surface area contributed by atoms with Gasteiger partial charge in [0.25, 0.3) is 0 Å². The number of aromatic nitrogens is 1. The first kappa shape index (κ1) is 20.0. The van der Waals surface area contributed by atoms with Crippen molar-refractivity contribution >= 4 is 17.7 Å². The number of nitrogens with zero attached hydrogens (tertiary/aromatic N) is 2. The Morgan fingerprint density at radius 3 is 2.54 bits per heavy atom. The lowest BCUT2D eigenvalue weighted by Crippen LogP contribution is -2.44. The van der Waals surface area contributed by atoms with E-state index in [1.54, 1.807) is 6.92 Å². The highest BCUT2D eigenvalue weighted by Crippen LogP contribution is 2.31. The number of urea groups is 1. The summed E-state index contributed by atoms with van der Waals surface area (Å²) in [6.45, 7) is 7.94. The molecule has 1 aromatic heterocycles. The van der Waals surface area contributed by atoms with Gasteiger partial charge in [0.05, 0.1) is 19.1 Å². The Morgan fingerprint density at radius 1 is 1.11 bits per heavy atom. The van der Waals surface area contributed by atoms with Crippen LogP contribution in [0.3, 0.4) is 0 Å². The molecule has 0 fully saturated rings. The van der Waals surface area contributed by atoms with E-state index in [0.717, 1.165) is 30.6 Å². The number of carbonyl (C=O) groups excluding carboxylic acids is 2. The lowest BCUT2D eigenvalue weighted by Gasteiger charge is -2.37. The van der Waals surface area contributed by atoms with Crippen LogP contribution >= 0.6 is 0 Å². The van der Waals surface area contributed by atoms with Gasteiger partial charge in [0.1, 0.15) is 0 Å². The highest BCUT2D eigenvalue weighted by Gasteiger charge is 2.31. The smallest absolute Gasteiger partial charge is 0.322 e. The molecule has 1 atom stereocenters. The molecular formula is C22H29N3O3. The van der Waals surface area contributed by atoms with Gasteiger partial charge in [-0.25, -0.2) is 4.79 Å². The highest BCUT2D eigenvalue weighted by atomic mass is 16.5. The molecule has 0 spiro atoms. The Kier molecular flexibility index (Phi) is 6.39. The Morgan fingerprint density at radius 2 is 1.86 bits per heavy atom. The molecule has 1 aliphatic rings. The van der Waals surface area contributed by atoms with E-state index >= 15 is 0 Å². The quantitative estimate of drug-likeness (QED) is 0.757. The molecule has 6 nitrogen and oxygen atoms in total. The predicted molar refractivity (Wildman–Crippen MR) is 109 cm³/mol. The van der Waals surface area contributed by atoms with E-state index in [1.165, 1.54) is 11.4 Å². The molecule has 0 radical (unpaired) electrons. The summed E-state index contributed by atoms with van der Waals surface area (Å²) < 4.78 is 7.28. The number of rotatable bonds is 6. The molecule has 2 heterocycles. The van der Waals surface area contributed by atoms with E-state index in [0.29, 0.717) is 13.2 Å². The average Bonchev–Trinajstić information content (AvgIpc) is 3.05. The van der Waals surface area contributed by atoms with E-state index in [-0.39, 0.29) is 24.5 Å². The molecule has 1 aliphatic heterocycles. The number of nitrogens with one attached hydrogen (secondary N) is 1. The normalized spacial score (nSPS) is 15.8. The number of ether oxygens (including phenoxy) is 1. The summed E-state index contributed by atoms with van der Waals surface area (Å²) in [5.74, 6) is -0.242. The molecule has 0 saturated carbocycles. The molecule has 0 aliphatic carbocycles. The van der Waals surface area contributed by atoms with Crippen LogP contribution in [0.2, 0.25) is 0 Å². The van der Waals surface area contributed by atoms with Gasteiger partial charge < -0.3 is 19.5 Å². The number of fused-ring (bicyclic) bond motifs is 1. The lowest BCUT2D eigenvalue weighted by molar-refractivity contribution is -0.142. The maximum Gasteiger partial charge on any atom is 0.322 e. The van der Waals surface area contributed by atoms with Gasteiger partial charge in [-0.2, -0.15) is 0 Å². The predicted octanol–water partition coefficient (Wildman–Crippen LogP) is 4.29. The largest absolute Gasteiger partial charge is 0.466 e. The molecule has 6 heteroatoms. The van der Waals surface area contributed by atoms with Gasteiger partial charge >= 0.3 is 12.0 Å². The summed E-state index contributed by atoms with van der Waals surface area (Å²) >= 11 is 0. The van der Waals surface area contributed by atoms with Crippen LogP contribution < -0.4 is 5.32 Å². The van der Waals surface area contributed by atoms with Crippen LogP contribution in [0.4, 0.5) is 10.5 Å². The van der Waals surface area contributed by atoms with Crippen molar-refractivity contribution in [2.24, 2.45) is 0 Å². The molecular weight excluding hydrogens is 354 g/mol. The third-order valence-electron chi connectivity index (χ3n) is 5.20. The van der Waals surface area contributed by atoms with Crippen LogP contribution in [0.1, 0.15) is 49.7 Å². The second kappa shape index (κ2) is 8.95. The third-order valence-corrected chi connectivity index (χ3v) is 5.20. The average molecular weight is 383 g/mol. The number of aryl methyl sites for hydroxylation is 1. The van der Waals surface area contributed by atoms with Crippen molar-refractivity contribution in [3.05, 3.63) is 53.3 Å². The second-order valence-corrected chi connectivity index (χ2v) is 7.16. The van der Waals surface area contributed by atoms with Crippen LogP contribution in [0, 0.1) is 6.92 Å². The Labute approximate surface area is 166 Å². The topological polar surface area (TPSA) is 63.6 Å². The maximum atomic E-state index is 12.9. The van der Waals surface area contributed by atoms with Gasteiger partial charge in [0.15, 0.2) is 0 Å². The van der Waals surface area contributed by atoms with Crippen molar-refractivity contribution in [1.82, 2.24) is 9.47 Å². The fourth-order valence-corrected chi connectivity index (χ4v) is 3.81. The molecule has 0 saturated heterocycles. The molecule has 1 aromatic carbocycles. The standard InChI is InChI=1S/C22H29N3O3/c1-4-6-19-20-12-7-16(3)24(20)13-14-25(19)22(27)23-18-10-8-17(9-11-18)15-21(26)28-5-2/h7-12,19H,4-6,13-15H2,1-3H3,(H,23,27).